The Bertz CT molecular complexity index is 217. The van der Waals surface area contributed by atoms with Gasteiger partial charge in [-0.05, 0) is 45.1 Å². The van der Waals surface area contributed by atoms with Crippen LogP contribution >= 0.6 is 0 Å². The average Bonchev–Trinajstić information content (AvgIpc) is 2.66. The lowest BCUT2D eigenvalue weighted by atomic mass is 9.72. The van der Waals surface area contributed by atoms with Crippen LogP contribution in [0.5, 0.6) is 0 Å². The molecule has 1 aliphatic carbocycles. The molecule has 2 N–H and O–H groups in total. The number of nitrogens with two attached hydrogens (primary N) is 1. The maximum absolute atomic E-state index is 6.13. The molecule has 1 saturated carbocycles. The summed E-state index contributed by atoms with van der Waals surface area (Å²) in [6.45, 7) is 6.93. The van der Waals surface area contributed by atoms with Crippen molar-refractivity contribution in [2.24, 2.45) is 11.7 Å². The van der Waals surface area contributed by atoms with Gasteiger partial charge >= 0.3 is 0 Å². The zero-order chi connectivity index (χ0) is 10.9. The van der Waals surface area contributed by atoms with Crippen molar-refractivity contribution < 1.29 is 0 Å². The molecule has 3 unspecified atom stereocenters. The minimum absolute atomic E-state index is 0.341. The molecule has 3 atom stereocenters. The van der Waals surface area contributed by atoms with Gasteiger partial charge in [-0.2, -0.15) is 0 Å². The topological polar surface area (TPSA) is 29.3 Å². The van der Waals surface area contributed by atoms with Crippen LogP contribution in [0.15, 0.2) is 0 Å². The SMILES string of the molecule is CC1CCCN1C1(CN)CCCCC1C. The fraction of sp³-hybridized carbons (Fsp3) is 1.00. The maximum atomic E-state index is 6.13. The van der Waals surface area contributed by atoms with Gasteiger partial charge in [-0.1, -0.05) is 19.8 Å². The summed E-state index contributed by atoms with van der Waals surface area (Å²) in [5, 5.41) is 0. The molecule has 0 aromatic carbocycles. The summed E-state index contributed by atoms with van der Waals surface area (Å²) in [7, 11) is 0. The molecule has 2 rings (SSSR count). The molecule has 2 nitrogen and oxygen atoms in total. The van der Waals surface area contributed by atoms with Gasteiger partial charge in [0, 0.05) is 18.1 Å². The Hall–Kier alpha value is -0.0800. The van der Waals surface area contributed by atoms with E-state index in [0.717, 1.165) is 18.5 Å². The van der Waals surface area contributed by atoms with Crippen LogP contribution in [-0.4, -0.2) is 29.6 Å². The molecule has 0 aromatic heterocycles. The second-order valence-corrected chi connectivity index (χ2v) is 5.64. The van der Waals surface area contributed by atoms with Crippen LogP contribution in [-0.2, 0) is 0 Å². The van der Waals surface area contributed by atoms with Crippen LogP contribution in [0.3, 0.4) is 0 Å². The van der Waals surface area contributed by atoms with Gasteiger partial charge in [0.15, 0.2) is 0 Å². The van der Waals surface area contributed by atoms with E-state index < -0.39 is 0 Å². The Morgan fingerprint density at radius 3 is 2.53 bits per heavy atom. The Labute approximate surface area is 94.2 Å². The smallest absolute Gasteiger partial charge is 0.0360 e. The minimum atomic E-state index is 0.341. The van der Waals surface area contributed by atoms with Crippen LogP contribution in [0.25, 0.3) is 0 Å². The van der Waals surface area contributed by atoms with Gasteiger partial charge in [0.25, 0.3) is 0 Å². The van der Waals surface area contributed by atoms with Crippen LogP contribution in [0, 0.1) is 5.92 Å². The van der Waals surface area contributed by atoms with E-state index in [1.165, 1.54) is 45.1 Å². The molecular weight excluding hydrogens is 184 g/mol. The molecule has 2 heteroatoms. The highest BCUT2D eigenvalue weighted by Crippen LogP contribution is 2.41. The highest BCUT2D eigenvalue weighted by atomic mass is 15.3. The van der Waals surface area contributed by atoms with E-state index in [1.807, 2.05) is 0 Å². The molecule has 0 bridgehead atoms. The molecule has 2 fully saturated rings. The summed E-state index contributed by atoms with van der Waals surface area (Å²) in [5.41, 5.74) is 6.47. The fourth-order valence-electron chi connectivity index (χ4n) is 3.84. The number of hydrogen-bond donors (Lipinski definition) is 1. The molecule has 88 valence electrons. The number of hydrogen-bond acceptors (Lipinski definition) is 2. The predicted octanol–water partition coefficient (Wildman–Crippen LogP) is 2.38. The molecular formula is C13H26N2. The van der Waals surface area contributed by atoms with E-state index in [1.54, 1.807) is 0 Å². The van der Waals surface area contributed by atoms with E-state index in [9.17, 15) is 0 Å². The van der Waals surface area contributed by atoms with E-state index in [2.05, 4.69) is 18.7 Å². The number of rotatable bonds is 2. The van der Waals surface area contributed by atoms with Crippen molar-refractivity contribution in [3.05, 3.63) is 0 Å². The van der Waals surface area contributed by atoms with E-state index >= 15 is 0 Å². The Morgan fingerprint density at radius 2 is 2.00 bits per heavy atom. The maximum Gasteiger partial charge on any atom is 0.0360 e. The lowest BCUT2D eigenvalue weighted by Crippen LogP contribution is -2.60. The van der Waals surface area contributed by atoms with Crippen LogP contribution in [0.2, 0.25) is 0 Å². The van der Waals surface area contributed by atoms with Crippen molar-refractivity contribution in [1.29, 1.82) is 0 Å². The van der Waals surface area contributed by atoms with Crippen molar-refractivity contribution in [3.8, 4) is 0 Å². The standard InChI is InChI=1S/C13H26N2/c1-11-6-3-4-8-13(11,10-14)15-9-5-7-12(15)2/h11-12H,3-10,14H2,1-2H3. The van der Waals surface area contributed by atoms with Crippen molar-refractivity contribution in [1.82, 2.24) is 4.90 Å². The summed E-state index contributed by atoms with van der Waals surface area (Å²) in [4.78, 5) is 2.73. The van der Waals surface area contributed by atoms with Crippen LogP contribution in [0.1, 0.15) is 52.4 Å². The third-order valence-electron chi connectivity index (χ3n) is 4.89. The largest absolute Gasteiger partial charge is 0.329 e. The second kappa shape index (κ2) is 4.42. The van der Waals surface area contributed by atoms with Crippen LogP contribution in [0.4, 0.5) is 0 Å². The highest BCUT2D eigenvalue weighted by molar-refractivity contribution is 5.01. The molecule has 0 radical (unpaired) electrons. The molecule has 0 amide bonds. The third kappa shape index (κ3) is 1.83. The molecule has 1 heterocycles. The van der Waals surface area contributed by atoms with Crippen molar-refractivity contribution in [2.75, 3.05) is 13.1 Å². The Kier molecular flexibility index (Phi) is 3.36. The summed E-state index contributed by atoms with van der Waals surface area (Å²) < 4.78 is 0. The van der Waals surface area contributed by atoms with Gasteiger partial charge in [0.1, 0.15) is 0 Å². The zero-order valence-electron chi connectivity index (χ0n) is 10.3. The first-order valence-electron chi connectivity index (χ1n) is 6.67. The molecule has 15 heavy (non-hydrogen) atoms. The van der Waals surface area contributed by atoms with Crippen LogP contribution < -0.4 is 5.73 Å². The normalized spacial score (nSPS) is 43.4. The van der Waals surface area contributed by atoms with Gasteiger partial charge in [-0.25, -0.2) is 0 Å². The predicted molar refractivity (Wildman–Crippen MR) is 64.8 cm³/mol. The number of nitrogens with zero attached hydrogens (tertiary/aromatic N) is 1. The highest BCUT2D eigenvalue weighted by Gasteiger charge is 2.44. The molecule has 1 saturated heterocycles. The summed E-state index contributed by atoms with van der Waals surface area (Å²) in [6.07, 6.45) is 8.23. The average molecular weight is 210 g/mol. The summed E-state index contributed by atoms with van der Waals surface area (Å²) in [6, 6.07) is 0.758. The molecule has 0 aromatic rings. The Balaban J connectivity index is 2.18. The zero-order valence-corrected chi connectivity index (χ0v) is 10.3. The van der Waals surface area contributed by atoms with E-state index in [-0.39, 0.29) is 0 Å². The van der Waals surface area contributed by atoms with Gasteiger partial charge in [0.05, 0.1) is 0 Å². The minimum Gasteiger partial charge on any atom is -0.329 e. The quantitative estimate of drug-likeness (QED) is 0.758. The third-order valence-corrected chi connectivity index (χ3v) is 4.89. The molecule has 2 aliphatic rings. The van der Waals surface area contributed by atoms with Crippen molar-refractivity contribution >= 4 is 0 Å². The van der Waals surface area contributed by atoms with Gasteiger partial charge in [-0.15, -0.1) is 0 Å². The first-order chi connectivity index (χ1) is 7.20. The van der Waals surface area contributed by atoms with Gasteiger partial charge in [0.2, 0.25) is 0 Å². The molecule has 1 aliphatic heterocycles. The lowest BCUT2D eigenvalue weighted by Gasteiger charge is -2.50. The van der Waals surface area contributed by atoms with Crippen molar-refractivity contribution in [3.63, 3.8) is 0 Å². The molecule has 0 spiro atoms. The summed E-state index contributed by atoms with van der Waals surface area (Å²) >= 11 is 0. The summed E-state index contributed by atoms with van der Waals surface area (Å²) in [5.74, 6) is 0.789. The van der Waals surface area contributed by atoms with Gasteiger partial charge < -0.3 is 5.73 Å². The van der Waals surface area contributed by atoms with Gasteiger partial charge in [-0.3, -0.25) is 4.90 Å². The van der Waals surface area contributed by atoms with E-state index in [0.29, 0.717) is 5.54 Å². The first kappa shape index (κ1) is 11.4. The first-order valence-corrected chi connectivity index (χ1v) is 6.67. The number of likely N-dealkylation sites (tertiary alicyclic amines) is 1. The lowest BCUT2D eigenvalue weighted by molar-refractivity contribution is 0.00818. The second-order valence-electron chi connectivity index (χ2n) is 5.64. The Morgan fingerprint density at radius 1 is 1.20 bits per heavy atom. The van der Waals surface area contributed by atoms with E-state index in [4.69, 9.17) is 5.73 Å². The fourth-order valence-corrected chi connectivity index (χ4v) is 3.84. The van der Waals surface area contributed by atoms with Crippen molar-refractivity contribution in [2.45, 2.75) is 64.0 Å². The monoisotopic (exact) mass is 210 g/mol.